The number of benzene rings is 1. The monoisotopic (exact) mass is 471 g/mol. The standard InChI is InChI=1S/C24H31F2N7O/c1-31(2)17-9-7-16(8-10-17)27-24-29-20(32-11-13-34-14-12-32)15-21(30-24)33-19-6-4-3-5-18(19)28-23(33)22(25)26/h3-6,15-17,22H,7-14H2,1-2H3,(H,27,29,30). The summed E-state index contributed by atoms with van der Waals surface area (Å²) < 4.78 is 35.0. The molecule has 0 unspecified atom stereocenters. The van der Waals surface area contributed by atoms with Crippen molar-refractivity contribution >= 4 is 22.8 Å². The molecule has 3 heterocycles. The first-order valence-corrected chi connectivity index (χ1v) is 11.9. The molecule has 1 aliphatic carbocycles. The lowest BCUT2D eigenvalue weighted by Crippen LogP contribution is -2.38. The van der Waals surface area contributed by atoms with Crippen LogP contribution in [0.5, 0.6) is 0 Å². The van der Waals surface area contributed by atoms with Crippen LogP contribution in [0.2, 0.25) is 0 Å². The zero-order chi connectivity index (χ0) is 23.7. The molecular formula is C24H31F2N7O. The van der Waals surface area contributed by atoms with Crippen LogP contribution in [0.25, 0.3) is 16.9 Å². The molecule has 0 atom stereocenters. The summed E-state index contributed by atoms with van der Waals surface area (Å²) in [6.45, 7) is 2.59. The molecule has 1 saturated heterocycles. The number of aromatic nitrogens is 4. The molecule has 2 aromatic heterocycles. The fourth-order valence-electron chi connectivity index (χ4n) is 4.91. The van der Waals surface area contributed by atoms with Gasteiger partial charge in [-0.3, -0.25) is 4.57 Å². The van der Waals surface area contributed by atoms with E-state index in [-0.39, 0.29) is 11.9 Å². The van der Waals surface area contributed by atoms with Crippen LogP contribution in [0.4, 0.5) is 20.5 Å². The lowest BCUT2D eigenvalue weighted by atomic mass is 9.91. The molecule has 34 heavy (non-hydrogen) atoms. The van der Waals surface area contributed by atoms with Crippen LogP contribution in [0, 0.1) is 0 Å². The molecule has 2 fully saturated rings. The fraction of sp³-hybridized carbons (Fsp3) is 0.542. The zero-order valence-corrected chi connectivity index (χ0v) is 19.6. The molecule has 0 spiro atoms. The Morgan fingerprint density at radius 2 is 1.71 bits per heavy atom. The highest BCUT2D eigenvalue weighted by Gasteiger charge is 2.26. The minimum atomic E-state index is -2.73. The molecule has 8 nitrogen and oxygen atoms in total. The highest BCUT2D eigenvalue weighted by molar-refractivity contribution is 5.78. The van der Waals surface area contributed by atoms with Gasteiger partial charge in [-0.25, -0.2) is 13.8 Å². The number of anilines is 2. The van der Waals surface area contributed by atoms with Crippen molar-refractivity contribution in [3.63, 3.8) is 0 Å². The van der Waals surface area contributed by atoms with E-state index in [1.165, 1.54) is 4.57 Å². The average molecular weight is 472 g/mol. The largest absolute Gasteiger partial charge is 0.378 e. The molecule has 1 aromatic carbocycles. The lowest BCUT2D eigenvalue weighted by Gasteiger charge is -2.33. The summed E-state index contributed by atoms with van der Waals surface area (Å²) in [6, 6.07) is 9.76. The second-order valence-electron chi connectivity index (χ2n) is 9.22. The predicted octanol–water partition coefficient (Wildman–Crippen LogP) is 3.87. The number of imidazole rings is 1. The van der Waals surface area contributed by atoms with E-state index in [1.54, 1.807) is 24.3 Å². The van der Waals surface area contributed by atoms with Crippen LogP contribution in [0.1, 0.15) is 37.9 Å². The summed E-state index contributed by atoms with van der Waals surface area (Å²) in [6.07, 6.45) is 1.50. The molecule has 0 radical (unpaired) electrons. The number of ether oxygens (including phenoxy) is 1. The van der Waals surface area contributed by atoms with Gasteiger partial charge in [0.15, 0.2) is 5.82 Å². The predicted molar refractivity (Wildman–Crippen MR) is 128 cm³/mol. The van der Waals surface area contributed by atoms with Crippen molar-refractivity contribution in [1.82, 2.24) is 24.4 Å². The Bertz CT molecular complexity index is 1120. The van der Waals surface area contributed by atoms with Gasteiger partial charge in [-0.2, -0.15) is 9.97 Å². The Hall–Kier alpha value is -2.85. The average Bonchev–Trinajstić information content (AvgIpc) is 3.25. The zero-order valence-electron chi connectivity index (χ0n) is 19.6. The van der Waals surface area contributed by atoms with Crippen molar-refractivity contribution in [2.45, 2.75) is 44.2 Å². The number of halogens is 2. The minimum Gasteiger partial charge on any atom is -0.378 e. The molecule has 3 aromatic rings. The van der Waals surface area contributed by atoms with Crippen molar-refractivity contribution in [2.75, 3.05) is 50.6 Å². The minimum absolute atomic E-state index is 0.248. The first-order valence-electron chi connectivity index (χ1n) is 11.9. The van der Waals surface area contributed by atoms with E-state index < -0.39 is 6.43 Å². The third kappa shape index (κ3) is 4.69. The summed E-state index contributed by atoms with van der Waals surface area (Å²) in [5.41, 5.74) is 1.11. The Morgan fingerprint density at radius 3 is 2.41 bits per heavy atom. The first-order chi connectivity index (χ1) is 16.5. The van der Waals surface area contributed by atoms with Crippen molar-refractivity contribution in [1.29, 1.82) is 0 Å². The van der Waals surface area contributed by atoms with E-state index in [9.17, 15) is 8.78 Å². The normalized spacial score (nSPS) is 21.5. The number of rotatable bonds is 6. The molecule has 182 valence electrons. The van der Waals surface area contributed by atoms with E-state index in [2.05, 4.69) is 34.2 Å². The van der Waals surface area contributed by atoms with Gasteiger partial charge in [0.2, 0.25) is 5.95 Å². The quantitative estimate of drug-likeness (QED) is 0.585. The van der Waals surface area contributed by atoms with Gasteiger partial charge in [0.1, 0.15) is 11.6 Å². The van der Waals surface area contributed by atoms with E-state index in [1.807, 2.05) is 6.07 Å². The van der Waals surface area contributed by atoms with Crippen LogP contribution in [0.15, 0.2) is 30.3 Å². The van der Waals surface area contributed by atoms with E-state index in [0.29, 0.717) is 61.0 Å². The van der Waals surface area contributed by atoms with Crippen molar-refractivity contribution in [3.8, 4) is 5.82 Å². The van der Waals surface area contributed by atoms with Crippen molar-refractivity contribution in [2.24, 2.45) is 0 Å². The van der Waals surface area contributed by atoms with E-state index >= 15 is 0 Å². The first kappa shape index (κ1) is 22.9. The Morgan fingerprint density at radius 1 is 1.00 bits per heavy atom. The molecule has 0 bridgehead atoms. The number of alkyl halides is 2. The number of morpholine rings is 1. The summed E-state index contributed by atoms with van der Waals surface area (Å²) in [4.78, 5) is 18.1. The van der Waals surface area contributed by atoms with Gasteiger partial charge in [-0.1, -0.05) is 12.1 Å². The molecule has 0 amide bonds. The maximum atomic E-state index is 14.0. The molecule has 1 aliphatic heterocycles. The van der Waals surface area contributed by atoms with Gasteiger partial charge in [0.05, 0.1) is 24.2 Å². The summed E-state index contributed by atoms with van der Waals surface area (Å²) in [7, 11) is 4.24. The number of para-hydroxylation sites is 2. The van der Waals surface area contributed by atoms with Crippen LogP contribution in [0.3, 0.4) is 0 Å². The summed E-state index contributed by atoms with van der Waals surface area (Å²) >= 11 is 0. The topological polar surface area (TPSA) is 71.3 Å². The SMILES string of the molecule is CN(C)C1CCC(Nc2nc(N3CCOCC3)cc(-n3c(C(F)F)nc4ccccc43)n2)CC1. The van der Waals surface area contributed by atoms with Crippen molar-refractivity contribution in [3.05, 3.63) is 36.2 Å². The number of hydrogen-bond donors (Lipinski definition) is 1. The smallest absolute Gasteiger partial charge is 0.296 e. The van der Waals surface area contributed by atoms with Gasteiger partial charge in [0, 0.05) is 31.2 Å². The summed E-state index contributed by atoms with van der Waals surface area (Å²) in [5, 5.41) is 3.50. The molecular weight excluding hydrogens is 440 g/mol. The number of hydrogen-bond acceptors (Lipinski definition) is 7. The number of nitrogens with one attached hydrogen (secondary N) is 1. The van der Waals surface area contributed by atoms with Crippen LogP contribution in [-0.2, 0) is 4.74 Å². The maximum absolute atomic E-state index is 14.0. The highest BCUT2D eigenvalue weighted by atomic mass is 19.3. The van der Waals surface area contributed by atoms with Gasteiger partial charge in [0.25, 0.3) is 6.43 Å². The van der Waals surface area contributed by atoms with Gasteiger partial charge >= 0.3 is 0 Å². The van der Waals surface area contributed by atoms with Gasteiger partial charge in [-0.05, 0) is 51.9 Å². The second-order valence-corrected chi connectivity index (χ2v) is 9.22. The van der Waals surface area contributed by atoms with Crippen molar-refractivity contribution < 1.29 is 13.5 Å². The molecule has 2 aliphatic rings. The third-order valence-corrected chi connectivity index (χ3v) is 6.81. The van der Waals surface area contributed by atoms with Crippen LogP contribution < -0.4 is 10.2 Å². The lowest BCUT2D eigenvalue weighted by molar-refractivity contribution is 0.122. The maximum Gasteiger partial charge on any atom is 0.296 e. The number of fused-ring (bicyclic) bond motifs is 1. The molecule has 10 heteroatoms. The molecule has 1 saturated carbocycles. The van der Waals surface area contributed by atoms with Crippen LogP contribution in [-0.4, -0.2) is 76.9 Å². The third-order valence-electron chi connectivity index (χ3n) is 6.81. The molecule has 1 N–H and O–H groups in total. The Balaban J connectivity index is 1.53. The van der Waals surface area contributed by atoms with Gasteiger partial charge in [-0.15, -0.1) is 0 Å². The Kier molecular flexibility index (Phi) is 6.60. The number of nitrogens with zero attached hydrogens (tertiary/aromatic N) is 6. The Labute approximate surface area is 197 Å². The second kappa shape index (κ2) is 9.79. The fourth-order valence-corrected chi connectivity index (χ4v) is 4.91. The van der Waals surface area contributed by atoms with E-state index in [4.69, 9.17) is 14.7 Å². The summed E-state index contributed by atoms with van der Waals surface area (Å²) in [5.74, 6) is 1.25. The van der Waals surface area contributed by atoms with Gasteiger partial charge < -0.3 is 19.9 Å². The highest BCUT2D eigenvalue weighted by Crippen LogP contribution is 2.30. The van der Waals surface area contributed by atoms with E-state index in [0.717, 1.165) is 25.7 Å². The van der Waals surface area contributed by atoms with Crippen LogP contribution >= 0.6 is 0 Å². The molecule has 5 rings (SSSR count).